The number of hydrogen-bond donors (Lipinski definition) is 0. The number of carbonyl (C=O) groups excluding carboxylic acids is 1. The van der Waals surface area contributed by atoms with Crippen molar-refractivity contribution >= 4 is 6.09 Å². The van der Waals surface area contributed by atoms with Gasteiger partial charge in [-0.15, -0.1) is 0 Å². The van der Waals surface area contributed by atoms with Gasteiger partial charge in [0.05, 0.1) is 12.1 Å². The molecular formula is C29H30F3NO2. The van der Waals surface area contributed by atoms with E-state index in [1.165, 1.54) is 10.5 Å². The van der Waals surface area contributed by atoms with Gasteiger partial charge in [0.2, 0.25) is 0 Å². The molecule has 0 saturated carbocycles. The molecule has 1 amide bonds. The van der Waals surface area contributed by atoms with Crippen LogP contribution < -0.4 is 0 Å². The average Bonchev–Trinajstić information content (AvgIpc) is 3.13. The van der Waals surface area contributed by atoms with E-state index in [0.717, 1.165) is 39.9 Å². The number of cyclic esters (lactones) is 1. The SMILES string of the molecule is Cc1cc(CN2CC(c3cc(C)ccc3-c3cc(C(C)C)ccc3C)OC2=O)cc(C(F)(F)F)c1. The second-order valence-corrected chi connectivity index (χ2v) is 9.78. The molecule has 35 heavy (non-hydrogen) atoms. The van der Waals surface area contributed by atoms with Crippen molar-refractivity contribution in [1.29, 1.82) is 0 Å². The van der Waals surface area contributed by atoms with Crippen LogP contribution in [-0.4, -0.2) is 17.5 Å². The van der Waals surface area contributed by atoms with E-state index in [1.54, 1.807) is 13.0 Å². The van der Waals surface area contributed by atoms with E-state index in [0.29, 0.717) is 17.0 Å². The molecule has 0 aliphatic carbocycles. The Morgan fingerprint density at radius 3 is 2.37 bits per heavy atom. The van der Waals surface area contributed by atoms with Gasteiger partial charge in [0.1, 0.15) is 6.10 Å². The van der Waals surface area contributed by atoms with Crippen LogP contribution in [0.3, 0.4) is 0 Å². The second-order valence-electron chi connectivity index (χ2n) is 9.78. The van der Waals surface area contributed by atoms with Gasteiger partial charge in [0.15, 0.2) is 0 Å². The fraction of sp³-hybridized carbons (Fsp3) is 0.345. The Morgan fingerprint density at radius 2 is 1.69 bits per heavy atom. The van der Waals surface area contributed by atoms with Gasteiger partial charge in [-0.2, -0.15) is 13.2 Å². The van der Waals surface area contributed by atoms with Crippen molar-refractivity contribution in [3.05, 3.63) is 93.5 Å². The molecule has 0 bridgehead atoms. The summed E-state index contributed by atoms with van der Waals surface area (Å²) in [6, 6.07) is 16.5. The number of rotatable bonds is 5. The van der Waals surface area contributed by atoms with E-state index >= 15 is 0 Å². The first-order valence-corrected chi connectivity index (χ1v) is 11.8. The smallest absolute Gasteiger partial charge is 0.416 e. The van der Waals surface area contributed by atoms with Gasteiger partial charge < -0.3 is 4.74 Å². The minimum atomic E-state index is -4.44. The second kappa shape index (κ2) is 9.40. The molecule has 1 aliphatic heterocycles. The number of hydrogen-bond acceptors (Lipinski definition) is 2. The quantitative estimate of drug-likeness (QED) is 0.368. The van der Waals surface area contributed by atoms with Crippen molar-refractivity contribution in [3.63, 3.8) is 0 Å². The zero-order valence-electron chi connectivity index (χ0n) is 20.7. The van der Waals surface area contributed by atoms with Gasteiger partial charge in [-0.05, 0) is 66.6 Å². The van der Waals surface area contributed by atoms with Crippen molar-refractivity contribution in [2.24, 2.45) is 0 Å². The lowest BCUT2D eigenvalue weighted by molar-refractivity contribution is -0.137. The fourth-order valence-electron chi connectivity index (χ4n) is 4.62. The zero-order valence-corrected chi connectivity index (χ0v) is 20.7. The molecule has 3 aromatic carbocycles. The Balaban J connectivity index is 1.65. The molecule has 0 spiro atoms. The third-order valence-electron chi connectivity index (χ3n) is 6.50. The summed E-state index contributed by atoms with van der Waals surface area (Å²) < 4.78 is 45.6. The number of aryl methyl sites for hydroxylation is 3. The number of halogens is 3. The topological polar surface area (TPSA) is 29.5 Å². The molecule has 184 valence electrons. The molecule has 1 atom stereocenters. The lowest BCUT2D eigenvalue weighted by Gasteiger charge is -2.19. The molecule has 4 rings (SSSR count). The highest BCUT2D eigenvalue weighted by atomic mass is 19.4. The van der Waals surface area contributed by atoms with E-state index in [2.05, 4.69) is 45.0 Å². The van der Waals surface area contributed by atoms with Crippen LogP contribution in [0.4, 0.5) is 18.0 Å². The van der Waals surface area contributed by atoms with Gasteiger partial charge in [0.25, 0.3) is 0 Å². The molecule has 3 nitrogen and oxygen atoms in total. The minimum Gasteiger partial charge on any atom is -0.439 e. The van der Waals surface area contributed by atoms with Crippen LogP contribution in [-0.2, 0) is 17.5 Å². The van der Waals surface area contributed by atoms with Crippen LogP contribution in [0.1, 0.15) is 64.8 Å². The third-order valence-corrected chi connectivity index (χ3v) is 6.50. The highest BCUT2D eigenvalue weighted by molar-refractivity contribution is 5.75. The third kappa shape index (κ3) is 5.37. The lowest BCUT2D eigenvalue weighted by Crippen LogP contribution is -2.24. The van der Waals surface area contributed by atoms with Gasteiger partial charge >= 0.3 is 12.3 Å². The molecule has 0 aromatic heterocycles. The standard InChI is InChI=1S/C29H30F3NO2/c1-17(2)22-8-7-20(5)25(14-22)24-9-6-18(3)12-26(24)27-16-33(28(34)35-27)15-21-10-19(4)11-23(13-21)29(30,31)32/h6-14,17,27H,15-16H2,1-5H3. The first-order chi connectivity index (χ1) is 16.4. The van der Waals surface area contributed by atoms with Crippen molar-refractivity contribution < 1.29 is 22.7 Å². The average molecular weight is 482 g/mol. The van der Waals surface area contributed by atoms with E-state index in [4.69, 9.17) is 4.74 Å². The zero-order chi connectivity index (χ0) is 25.5. The Hall–Kier alpha value is -3.28. The first kappa shape index (κ1) is 24.8. The van der Waals surface area contributed by atoms with E-state index in [-0.39, 0.29) is 13.1 Å². The van der Waals surface area contributed by atoms with Crippen molar-refractivity contribution in [1.82, 2.24) is 4.90 Å². The van der Waals surface area contributed by atoms with Crippen LogP contribution in [0.2, 0.25) is 0 Å². The molecule has 1 unspecified atom stereocenters. The summed E-state index contributed by atoms with van der Waals surface area (Å²) >= 11 is 0. The predicted molar refractivity (Wildman–Crippen MR) is 131 cm³/mol. The van der Waals surface area contributed by atoms with E-state index < -0.39 is 23.9 Å². The number of nitrogens with zero attached hydrogens (tertiary/aromatic N) is 1. The summed E-state index contributed by atoms with van der Waals surface area (Å²) in [5, 5.41) is 0. The van der Waals surface area contributed by atoms with Gasteiger partial charge in [-0.1, -0.05) is 67.4 Å². The predicted octanol–water partition coefficient (Wildman–Crippen LogP) is 8.11. The summed E-state index contributed by atoms with van der Waals surface area (Å²) in [5.41, 5.74) is 6.62. The van der Waals surface area contributed by atoms with Crippen LogP contribution in [0.5, 0.6) is 0 Å². The van der Waals surface area contributed by atoms with Crippen LogP contribution >= 0.6 is 0 Å². The fourth-order valence-corrected chi connectivity index (χ4v) is 4.62. The normalized spacial score (nSPS) is 16.2. The number of amides is 1. The molecule has 1 saturated heterocycles. The Bertz CT molecular complexity index is 1260. The Kier molecular flexibility index (Phi) is 6.67. The maximum atomic E-state index is 13.3. The summed E-state index contributed by atoms with van der Waals surface area (Å²) in [4.78, 5) is 14.2. The molecule has 6 heteroatoms. The minimum absolute atomic E-state index is 0.0586. The molecule has 3 aromatic rings. The summed E-state index contributed by atoms with van der Waals surface area (Å²) in [7, 11) is 0. The first-order valence-electron chi connectivity index (χ1n) is 11.8. The van der Waals surface area contributed by atoms with Crippen LogP contribution in [0.15, 0.2) is 54.6 Å². The van der Waals surface area contributed by atoms with Crippen molar-refractivity contribution in [2.45, 2.75) is 59.4 Å². The highest BCUT2D eigenvalue weighted by Crippen LogP contribution is 2.38. The van der Waals surface area contributed by atoms with E-state index in [9.17, 15) is 18.0 Å². The largest absolute Gasteiger partial charge is 0.439 e. The van der Waals surface area contributed by atoms with Gasteiger partial charge in [0, 0.05) is 12.1 Å². The summed E-state index contributed by atoms with van der Waals surface area (Å²) in [6.45, 7) is 10.3. The number of ether oxygens (including phenoxy) is 1. The van der Waals surface area contributed by atoms with Crippen LogP contribution in [0, 0.1) is 20.8 Å². The molecular weight excluding hydrogens is 451 g/mol. The highest BCUT2D eigenvalue weighted by Gasteiger charge is 2.35. The molecule has 1 fully saturated rings. The molecule has 0 radical (unpaired) electrons. The summed E-state index contributed by atoms with van der Waals surface area (Å²) in [5.74, 6) is 0.374. The van der Waals surface area contributed by atoms with Crippen molar-refractivity contribution in [2.75, 3.05) is 6.54 Å². The number of alkyl halides is 3. The monoisotopic (exact) mass is 481 g/mol. The van der Waals surface area contributed by atoms with Crippen LogP contribution in [0.25, 0.3) is 11.1 Å². The Morgan fingerprint density at radius 1 is 0.943 bits per heavy atom. The Labute approximate surface area is 204 Å². The molecule has 1 heterocycles. The maximum Gasteiger partial charge on any atom is 0.416 e. The van der Waals surface area contributed by atoms with Gasteiger partial charge in [-0.25, -0.2) is 4.79 Å². The van der Waals surface area contributed by atoms with Gasteiger partial charge in [-0.3, -0.25) is 4.90 Å². The van der Waals surface area contributed by atoms with E-state index in [1.807, 2.05) is 19.1 Å². The molecule has 0 N–H and O–H groups in total. The van der Waals surface area contributed by atoms with Crippen molar-refractivity contribution in [3.8, 4) is 11.1 Å². The number of carbonyl (C=O) groups is 1. The lowest BCUT2D eigenvalue weighted by atomic mass is 9.89. The summed E-state index contributed by atoms with van der Waals surface area (Å²) in [6.07, 6.45) is -5.47. The number of benzene rings is 3. The molecule has 1 aliphatic rings. The maximum absolute atomic E-state index is 13.3.